The third kappa shape index (κ3) is 3.11. The van der Waals surface area contributed by atoms with E-state index in [4.69, 9.17) is 9.47 Å². The molecule has 0 aliphatic carbocycles. The van der Waals surface area contributed by atoms with E-state index in [1.54, 1.807) is 11.3 Å². The molecule has 2 rings (SSSR count). The van der Waals surface area contributed by atoms with E-state index < -0.39 is 0 Å². The van der Waals surface area contributed by atoms with Gasteiger partial charge in [-0.1, -0.05) is 0 Å². The highest BCUT2D eigenvalue weighted by Crippen LogP contribution is 2.21. The fourth-order valence-corrected chi connectivity index (χ4v) is 2.87. The van der Waals surface area contributed by atoms with E-state index in [9.17, 15) is 4.79 Å². The first-order chi connectivity index (χ1) is 7.25. The summed E-state index contributed by atoms with van der Waals surface area (Å²) in [7, 11) is 0. The molecule has 3 nitrogen and oxygen atoms in total. The Bertz CT molecular complexity index is 344. The second kappa shape index (κ2) is 5.21. The van der Waals surface area contributed by atoms with Gasteiger partial charge in [-0.25, -0.2) is 0 Å². The fraction of sp³-hybridized carbons (Fsp3) is 0.500. The minimum absolute atomic E-state index is 0.101. The topological polar surface area (TPSA) is 35.5 Å². The minimum atomic E-state index is -0.375. The van der Waals surface area contributed by atoms with Gasteiger partial charge in [-0.15, -0.1) is 11.3 Å². The van der Waals surface area contributed by atoms with Crippen LogP contribution in [0.3, 0.4) is 0 Å². The number of hydrogen-bond acceptors (Lipinski definition) is 4. The summed E-state index contributed by atoms with van der Waals surface area (Å²) in [5.74, 6) is 0.101. The number of ketones is 1. The zero-order valence-electron chi connectivity index (χ0n) is 8.07. The maximum atomic E-state index is 11.8. The van der Waals surface area contributed by atoms with E-state index in [0.29, 0.717) is 26.2 Å². The van der Waals surface area contributed by atoms with E-state index in [-0.39, 0.29) is 11.9 Å². The van der Waals surface area contributed by atoms with Gasteiger partial charge in [-0.2, -0.15) is 0 Å². The average Bonchev–Trinajstić information content (AvgIpc) is 2.65. The summed E-state index contributed by atoms with van der Waals surface area (Å²) < 4.78 is 11.6. The minimum Gasteiger partial charge on any atom is -0.376 e. The van der Waals surface area contributed by atoms with Gasteiger partial charge in [-0.05, 0) is 22.0 Å². The van der Waals surface area contributed by atoms with Gasteiger partial charge in [0, 0.05) is 21.2 Å². The summed E-state index contributed by atoms with van der Waals surface area (Å²) in [5, 5.41) is 1.97. The van der Waals surface area contributed by atoms with Crippen LogP contribution in [-0.2, 0) is 20.7 Å². The molecule has 0 saturated carbocycles. The van der Waals surface area contributed by atoms with Gasteiger partial charge in [0.25, 0.3) is 0 Å². The Kier molecular flexibility index (Phi) is 3.91. The number of hydrogen-bond donors (Lipinski definition) is 0. The lowest BCUT2D eigenvalue weighted by atomic mass is 10.1. The van der Waals surface area contributed by atoms with Crippen LogP contribution in [0.1, 0.15) is 4.88 Å². The Labute approximate surface area is 101 Å². The Morgan fingerprint density at radius 3 is 3.07 bits per heavy atom. The summed E-state index contributed by atoms with van der Waals surface area (Å²) >= 11 is 4.94. The summed E-state index contributed by atoms with van der Waals surface area (Å²) in [6, 6.07) is 1.96. The maximum Gasteiger partial charge on any atom is 0.169 e. The van der Waals surface area contributed by atoms with Crippen molar-refractivity contribution in [2.45, 2.75) is 12.5 Å². The van der Waals surface area contributed by atoms with Crippen LogP contribution in [0.15, 0.2) is 15.9 Å². The molecule has 0 amide bonds. The Morgan fingerprint density at radius 1 is 1.60 bits per heavy atom. The zero-order valence-corrected chi connectivity index (χ0v) is 10.5. The molecule has 0 N–H and O–H groups in total. The fourth-order valence-electron chi connectivity index (χ4n) is 1.41. The van der Waals surface area contributed by atoms with Gasteiger partial charge < -0.3 is 9.47 Å². The van der Waals surface area contributed by atoms with Crippen LogP contribution in [-0.4, -0.2) is 31.7 Å². The molecule has 0 radical (unpaired) electrons. The monoisotopic (exact) mass is 290 g/mol. The van der Waals surface area contributed by atoms with Gasteiger partial charge in [0.15, 0.2) is 5.78 Å². The standard InChI is InChI=1S/C10H11BrO3S/c11-7-3-8(15-6-7)4-9(12)10-5-13-1-2-14-10/h3,6,10H,1-2,4-5H2. The lowest BCUT2D eigenvalue weighted by molar-refractivity contribution is -0.144. The van der Waals surface area contributed by atoms with E-state index >= 15 is 0 Å². The molecule has 1 saturated heterocycles. The van der Waals surface area contributed by atoms with Crippen LogP contribution >= 0.6 is 27.3 Å². The SMILES string of the molecule is O=C(Cc1cc(Br)cs1)C1COCCO1. The van der Waals surface area contributed by atoms with Gasteiger partial charge in [-0.3, -0.25) is 4.79 Å². The number of rotatable bonds is 3. The Balaban J connectivity index is 1.91. The third-order valence-electron chi connectivity index (χ3n) is 2.15. The van der Waals surface area contributed by atoms with Crippen molar-refractivity contribution < 1.29 is 14.3 Å². The molecule has 5 heteroatoms. The van der Waals surface area contributed by atoms with Crippen LogP contribution in [0, 0.1) is 0 Å². The predicted octanol–water partition coefficient (Wildman–Crippen LogP) is 2.04. The quantitative estimate of drug-likeness (QED) is 0.855. The van der Waals surface area contributed by atoms with Crippen molar-refractivity contribution in [2.75, 3.05) is 19.8 Å². The Morgan fingerprint density at radius 2 is 2.47 bits per heavy atom. The molecule has 0 bridgehead atoms. The highest BCUT2D eigenvalue weighted by molar-refractivity contribution is 9.10. The molecule has 1 aromatic heterocycles. The van der Waals surface area contributed by atoms with Crippen LogP contribution in [0.4, 0.5) is 0 Å². The highest BCUT2D eigenvalue weighted by Gasteiger charge is 2.22. The number of Topliss-reactive ketones (excluding diaryl/α,β-unsaturated/α-hetero) is 1. The first-order valence-electron chi connectivity index (χ1n) is 4.70. The predicted molar refractivity (Wildman–Crippen MR) is 61.3 cm³/mol. The summed E-state index contributed by atoms with van der Waals surface area (Å²) in [6.45, 7) is 1.50. The molecular weight excluding hydrogens is 280 g/mol. The Hall–Kier alpha value is -0.230. The molecule has 1 atom stereocenters. The smallest absolute Gasteiger partial charge is 0.169 e. The van der Waals surface area contributed by atoms with Crippen molar-refractivity contribution in [1.82, 2.24) is 0 Å². The number of halogens is 1. The molecule has 1 aliphatic heterocycles. The molecule has 0 aromatic carbocycles. The molecule has 1 aliphatic rings. The molecule has 15 heavy (non-hydrogen) atoms. The first-order valence-corrected chi connectivity index (χ1v) is 6.38. The van der Waals surface area contributed by atoms with Crippen molar-refractivity contribution in [2.24, 2.45) is 0 Å². The first kappa shape index (κ1) is 11.3. The highest BCUT2D eigenvalue weighted by atomic mass is 79.9. The second-order valence-corrected chi connectivity index (χ2v) is 5.22. The molecule has 1 fully saturated rings. The van der Waals surface area contributed by atoms with Gasteiger partial charge in [0.2, 0.25) is 0 Å². The lowest BCUT2D eigenvalue weighted by Gasteiger charge is -2.21. The van der Waals surface area contributed by atoms with Crippen molar-refractivity contribution in [3.63, 3.8) is 0 Å². The normalized spacial score (nSPS) is 21.5. The van der Waals surface area contributed by atoms with E-state index in [0.717, 1.165) is 9.35 Å². The number of thiophene rings is 1. The van der Waals surface area contributed by atoms with Crippen LogP contribution < -0.4 is 0 Å². The second-order valence-electron chi connectivity index (χ2n) is 3.31. The van der Waals surface area contributed by atoms with E-state index in [1.807, 2.05) is 11.4 Å². The van der Waals surface area contributed by atoms with E-state index in [1.165, 1.54) is 0 Å². The van der Waals surface area contributed by atoms with Crippen molar-refractivity contribution in [3.05, 3.63) is 20.8 Å². The van der Waals surface area contributed by atoms with Gasteiger partial charge in [0.1, 0.15) is 6.10 Å². The zero-order chi connectivity index (χ0) is 10.7. The van der Waals surface area contributed by atoms with Crippen molar-refractivity contribution >= 4 is 33.0 Å². The average molecular weight is 291 g/mol. The molecule has 1 aromatic rings. The number of carbonyl (C=O) groups excluding carboxylic acids is 1. The van der Waals surface area contributed by atoms with Crippen molar-refractivity contribution in [3.8, 4) is 0 Å². The number of ether oxygens (including phenoxy) is 2. The summed E-state index contributed by atoms with van der Waals surface area (Å²) in [5.41, 5.74) is 0. The number of carbonyl (C=O) groups is 1. The van der Waals surface area contributed by atoms with Gasteiger partial charge >= 0.3 is 0 Å². The molecule has 2 heterocycles. The molecule has 1 unspecified atom stereocenters. The summed E-state index contributed by atoms with van der Waals surface area (Å²) in [4.78, 5) is 12.8. The van der Waals surface area contributed by atoms with E-state index in [2.05, 4.69) is 15.9 Å². The maximum absolute atomic E-state index is 11.8. The van der Waals surface area contributed by atoms with Crippen LogP contribution in [0.5, 0.6) is 0 Å². The molecule has 82 valence electrons. The third-order valence-corrected chi connectivity index (χ3v) is 3.84. The van der Waals surface area contributed by atoms with Crippen LogP contribution in [0.2, 0.25) is 0 Å². The molecule has 0 spiro atoms. The lowest BCUT2D eigenvalue weighted by Crippen LogP contribution is -2.36. The summed E-state index contributed by atoms with van der Waals surface area (Å²) in [6.07, 6.45) is 0.0595. The van der Waals surface area contributed by atoms with Crippen molar-refractivity contribution in [1.29, 1.82) is 0 Å². The molecular formula is C10H11BrO3S. The van der Waals surface area contributed by atoms with Crippen LogP contribution in [0.25, 0.3) is 0 Å². The van der Waals surface area contributed by atoms with Gasteiger partial charge in [0.05, 0.1) is 19.8 Å². The largest absolute Gasteiger partial charge is 0.376 e.